The third kappa shape index (κ3) is 5.04. The first-order valence-electron chi connectivity index (χ1n) is 10.4. The summed E-state index contributed by atoms with van der Waals surface area (Å²) in [5, 5.41) is 2.62. The number of hydrogen-bond donors (Lipinski definition) is 1. The minimum absolute atomic E-state index is 0.0232. The number of esters is 1. The van der Waals surface area contributed by atoms with Crippen LogP contribution in [0.15, 0.2) is 34.9 Å². The van der Waals surface area contributed by atoms with Crippen molar-refractivity contribution in [2.24, 2.45) is 0 Å². The Morgan fingerprint density at radius 2 is 1.75 bits per heavy atom. The fourth-order valence-corrected chi connectivity index (χ4v) is 3.94. The standard InChI is InChI=1S/C23H28N2O7/c1-14-7-5-8-15(2)25(14)21(26)13-32-23(28)16-11-19(29-3)20(30-4)12-17(16)24-22(27)18-9-6-10-31-18/h6,9-12,14-15H,5,7-8,13H2,1-4H3,(H,24,27). The van der Waals surface area contributed by atoms with E-state index < -0.39 is 18.5 Å². The molecule has 2 amide bonds. The zero-order valence-corrected chi connectivity index (χ0v) is 18.7. The van der Waals surface area contributed by atoms with Crippen molar-refractivity contribution in [3.05, 3.63) is 41.9 Å². The van der Waals surface area contributed by atoms with Gasteiger partial charge in [0.2, 0.25) is 0 Å². The van der Waals surface area contributed by atoms with E-state index in [-0.39, 0.29) is 40.8 Å². The van der Waals surface area contributed by atoms with Crippen molar-refractivity contribution in [2.45, 2.75) is 45.2 Å². The number of rotatable bonds is 7. The maximum absolute atomic E-state index is 12.9. The van der Waals surface area contributed by atoms with Gasteiger partial charge in [0.05, 0.1) is 31.7 Å². The largest absolute Gasteiger partial charge is 0.493 e. The Kier molecular flexibility index (Phi) is 7.40. The number of piperidine rings is 1. The molecule has 32 heavy (non-hydrogen) atoms. The Morgan fingerprint density at radius 1 is 1.09 bits per heavy atom. The lowest BCUT2D eigenvalue weighted by atomic mass is 9.97. The van der Waals surface area contributed by atoms with E-state index in [2.05, 4.69) is 5.32 Å². The van der Waals surface area contributed by atoms with Gasteiger partial charge in [-0.3, -0.25) is 9.59 Å². The molecule has 2 unspecified atom stereocenters. The summed E-state index contributed by atoms with van der Waals surface area (Å²) in [5.41, 5.74) is 0.163. The highest BCUT2D eigenvalue weighted by Crippen LogP contribution is 2.34. The molecule has 0 bridgehead atoms. The molecule has 3 rings (SSSR count). The first kappa shape index (κ1) is 23.2. The number of nitrogens with one attached hydrogen (secondary N) is 1. The predicted molar refractivity (Wildman–Crippen MR) is 116 cm³/mol. The number of anilines is 1. The maximum Gasteiger partial charge on any atom is 0.340 e. The number of likely N-dealkylation sites (tertiary alicyclic amines) is 1. The van der Waals surface area contributed by atoms with Gasteiger partial charge in [0.25, 0.3) is 11.8 Å². The van der Waals surface area contributed by atoms with Gasteiger partial charge in [-0.25, -0.2) is 4.79 Å². The van der Waals surface area contributed by atoms with Crippen LogP contribution in [0.25, 0.3) is 0 Å². The second kappa shape index (κ2) is 10.2. The Labute approximate surface area is 186 Å². The number of benzene rings is 1. The van der Waals surface area contributed by atoms with E-state index in [9.17, 15) is 14.4 Å². The first-order chi connectivity index (χ1) is 15.3. The van der Waals surface area contributed by atoms with Gasteiger partial charge < -0.3 is 28.8 Å². The molecule has 9 heteroatoms. The van der Waals surface area contributed by atoms with Crippen molar-refractivity contribution < 1.29 is 33.0 Å². The molecule has 9 nitrogen and oxygen atoms in total. The third-order valence-corrected chi connectivity index (χ3v) is 5.55. The van der Waals surface area contributed by atoms with E-state index >= 15 is 0 Å². The van der Waals surface area contributed by atoms with Gasteiger partial charge >= 0.3 is 5.97 Å². The molecule has 0 aliphatic carbocycles. The van der Waals surface area contributed by atoms with Gasteiger partial charge in [0.1, 0.15) is 0 Å². The summed E-state index contributed by atoms with van der Waals surface area (Å²) < 4.78 is 21.0. The van der Waals surface area contributed by atoms with Crippen LogP contribution in [0.4, 0.5) is 5.69 Å². The maximum atomic E-state index is 12.9. The average Bonchev–Trinajstić information content (AvgIpc) is 3.32. The van der Waals surface area contributed by atoms with Crippen LogP contribution < -0.4 is 14.8 Å². The van der Waals surface area contributed by atoms with Crippen LogP contribution in [-0.2, 0) is 9.53 Å². The van der Waals surface area contributed by atoms with Crippen LogP contribution in [0, 0.1) is 0 Å². The van der Waals surface area contributed by atoms with Gasteiger partial charge in [-0.05, 0) is 45.2 Å². The summed E-state index contributed by atoms with van der Waals surface area (Å²) in [7, 11) is 2.87. The van der Waals surface area contributed by atoms with Crippen molar-refractivity contribution in [2.75, 3.05) is 26.1 Å². The smallest absolute Gasteiger partial charge is 0.340 e. The van der Waals surface area contributed by atoms with Crippen LogP contribution in [0.3, 0.4) is 0 Å². The molecule has 2 heterocycles. The number of nitrogens with zero attached hydrogens (tertiary/aromatic N) is 1. The van der Waals surface area contributed by atoms with Crippen LogP contribution in [0.5, 0.6) is 11.5 Å². The molecule has 1 fully saturated rings. The lowest BCUT2D eigenvalue weighted by Gasteiger charge is -2.38. The van der Waals surface area contributed by atoms with Gasteiger partial charge in [-0.1, -0.05) is 0 Å². The Morgan fingerprint density at radius 3 is 2.34 bits per heavy atom. The molecule has 172 valence electrons. The second-order valence-corrected chi connectivity index (χ2v) is 7.69. The van der Waals surface area contributed by atoms with Crippen molar-refractivity contribution in [3.63, 3.8) is 0 Å². The van der Waals surface area contributed by atoms with Gasteiger partial charge in [-0.2, -0.15) is 0 Å². The minimum atomic E-state index is -0.772. The van der Waals surface area contributed by atoms with Crippen LogP contribution in [0.1, 0.15) is 54.0 Å². The molecule has 1 aromatic heterocycles. The highest BCUT2D eigenvalue weighted by atomic mass is 16.5. The van der Waals surface area contributed by atoms with Crippen LogP contribution in [0.2, 0.25) is 0 Å². The molecular formula is C23H28N2O7. The summed E-state index contributed by atoms with van der Waals surface area (Å²) in [6.45, 7) is 3.59. The van der Waals surface area contributed by atoms with Gasteiger partial charge in [-0.15, -0.1) is 0 Å². The second-order valence-electron chi connectivity index (χ2n) is 7.69. The number of ether oxygens (including phenoxy) is 3. The number of carbonyl (C=O) groups is 3. The zero-order valence-electron chi connectivity index (χ0n) is 18.7. The van der Waals surface area contributed by atoms with Gasteiger partial charge in [0.15, 0.2) is 23.9 Å². The fourth-order valence-electron chi connectivity index (χ4n) is 3.94. The number of methoxy groups -OCH3 is 2. The molecule has 0 saturated carbocycles. The summed E-state index contributed by atoms with van der Waals surface area (Å²) >= 11 is 0. The van der Waals surface area contributed by atoms with Crippen LogP contribution >= 0.6 is 0 Å². The van der Waals surface area contributed by atoms with Gasteiger partial charge in [0, 0.05) is 24.2 Å². The van der Waals surface area contributed by atoms with Crippen molar-refractivity contribution in [3.8, 4) is 11.5 Å². The quantitative estimate of drug-likeness (QED) is 0.651. The highest BCUT2D eigenvalue weighted by Gasteiger charge is 2.30. The van der Waals surface area contributed by atoms with Crippen molar-refractivity contribution >= 4 is 23.5 Å². The summed E-state index contributed by atoms with van der Waals surface area (Å²) in [4.78, 5) is 39.8. The Hall–Kier alpha value is -3.49. The molecular weight excluding hydrogens is 416 g/mol. The number of furan rings is 1. The van der Waals surface area contributed by atoms with E-state index in [1.54, 1.807) is 11.0 Å². The topological polar surface area (TPSA) is 107 Å². The normalized spacial score (nSPS) is 18.1. The zero-order chi connectivity index (χ0) is 23.3. The lowest BCUT2D eigenvalue weighted by molar-refractivity contribution is -0.140. The summed E-state index contributed by atoms with van der Waals surface area (Å²) in [6.07, 6.45) is 4.27. The Balaban J connectivity index is 1.80. The molecule has 0 radical (unpaired) electrons. The molecule has 1 aliphatic rings. The molecule has 1 saturated heterocycles. The fraction of sp³-hybridized carbons (Fsp3) is 0.435. The summed E-state index contributed by atoms with van der Waals surface area (Å²) in [6, 6.07) is 6.10. The molecule has 1 N–H and O–H groups in total. The van der Waals surface area contributed by atoms with E-state index in [1.165, 1.54) is 38.7 Å². The average molecular weight is 444 g/mol. The molecule has 2 atom stereocenters. The highest BCUT2D eigenvalue weighted by molar-refractivity contribution is 6.07. The molecule has 1 aliphatic heterocycles. The molecule has 0 spiro atoms. The van der Waals surface area contributed by atoms with E-state index in [0.29, 0.717) is 5.75 Å². The first-order valence-corrected chi connectivity index (χ1v) is 10.4. The number of hydrogen-bond acceptors (Lipinski definition) is 7. The minimum Gasteiger partial charge on any atom is -0.493 e. The van der Waals surface area contributed by atoms with E-state index in [4.69, 9.17) is 18.6 Å². The van der Waals surface area contributed by atoms with Crippen molar-refractivity contribution in [1.29, 1.82) is 0 Å². The predicted octanol–water partition coefficient (Wildman–Crippen LogP) is 3.50. The SMILES string of the molecule is COc1cc(NC(=O)c2ccco2)c(C(=O)OCC(=O)N2C(C)CCCC2C)cc1OC. The van der Waals surface area contributed by atoms with Crippen LogP contribution in [-0.4, -0.2) is 55.6 Å². The number of amides is 2. The summed E-state index contributed by atoms with van der Waals surface area (Å²) in [5.74, 6) is -0.914. The van der Waals surface area contributed by atoms with Crippen molar-refractivity contribution in [1.82, 2.24) is 4.90 Å². The van der Waals surface area contributed by atoms with E-state index in [0.717, 1.165) is 19.3 Å². The lowest BCUT2D eigenvalue weighted by Crippen LogP contribution is -2.49. The molecule has 1 aromatic carbocycles. The third-order valence-electron chi connectivity index (χ3n) is 5.55. The monoisotopic (exact) mass is 444 g/mol. The Bertz CT molecular complexity index is 961. The molecule has 2 aromatic rings. The van der Waals surface area contributed by atoms with E-state index in [1.807, 2.05) is 13.8 Å². The number of carbonyl (C=O) groups excluding carboxylic acids is 3.